The van der Waals surface area contributed by atoms with Crippen molar-refractivity contribution in [3.05, 3.63) is 53.0 Å². The number of nitrogens with zero attached hydrogens (tertiary/aromatic N) is 2. The molecule has 0 saturated carbocycles. The Hall–Kier alpha value is -1.35. The molecular formula is C18H24N2S. The van der Waals surface area contributed by atoms with E-state index in [1.807, 2.05) is 6.20 Å². The summed E-state index contributed by atoms with van der Waals surface area (Å²) >= 11 is 1.80. The third-order valence-corrected chi connectivity index (χ3v) is 4.43. The van der Waals surface area contributed by atoms with Crippen LogP contribution in [0, 0.1) is 6.92 Å². The van der Waals surface area contributed by atoms with Crippen LogP contribution in [0.3, 0.4) is 0 Å². The Morgan fingerprint density at radius 2 is 1.86 bits per heavy atom. The molecule has 0 aliphatic heterocycles. The number of benzene rings is 1. The Balaban J connectivity index is 2.22. The summed E-state index contributed by atoms with van der Waals surface area (Å²) in [5.41, 5.74) is 4.83. The van der Waals surface area contributed by atoms with E-state index in [0.29, 0.717) is 11.8 Å². The Morgan fingerprint density at radius 1 is 1.10 bits per heavy atom. The molecule has 0 spiro atoms. The Morgan fingerprint density at radius 3 is 2.48 bits per heavy atom. The second-order valence-electron chi connectivity index (χ2n) is 6.07. The molecule has 0 aliphatic carbocycles. The monoisotopic (exact) mass is 300 g/mol. The Bertz CT molecular complexity index is 606. The van der Waals surface area contributed by atoms with Crippen LogP contribution in [-0.2, 0) is 5.75 Å². The van der Waals surface area contributed by atoms with Gasteiger partial charge in [-0.3, -0.25) is 4.98 Å². The highest BCUT2D eigenvalue weighted by Gasteiger charge is 2.13. The van der Waals surface area contributed by atoms with Crippen molar-refractivity contribution in [2.75, 3.05) is 0 Å². The molecule has 0 bridgehead atoms. The number of hydrogen-bond acceptors (Lipinski definition) is 3. The van der Waals surface area contributed by atoms with Gasteiger partial charge < -0.3 is 0 Å². The van der Waals surface area contributed by atoms with E-state index in [-0.39, 0.29) is 0 Å². The lowest BCUT2D eigenvalue weighted by Crippen LogP contribution is -2.03. The van der Waals surface area contributed by atoms with Crippen LogP contribution in [0.5, 0.6) is 0 Å². The van der Waals surface area contributed by atoms with Crippen molar-refractivity contribution in [3.63, 3.8) is 0 Å². The van der Waals surface area contributed by atoms with Crippen LogP contribution < -0.4 is 0 Å². The van der Waals surface area contributed by atoms with Crippen molar-refractivity contribution in [2.45, 2.75) is 57.2 Å². The van der Waals surface area contributed by atoms with E-state index >= 15 is 0 Å². The Kier molecular flexibility index (Phi) is 5.40. The normalized spacial score (nSPS) is 11.4. The van der Waals surface area contributed by atoms with E-state index in [1.54, 1.807) is 11.8 Å². The molecule has 0 atom stereocenters. The average molecular weight is 300 g/mol. The SMILES string of the molecule is Cc1cccc(CSc2nc(C(C)C)cnc2C(C)C)c1. The summed E-state index contributed by atoms with van der Waals surface area (Å²) in [6.07, 6.45) is 1.93. The molecule has 0 N–H and O–H groups in total. The molecule has 112 valence electrons. The van der Waals surface area contributed by atoms with Crippen LogP contribution in [0.2, 0.25) is 0 Å². The van der Waals surface area contributed by atoms with E-state index < -0.39 is 0 Å². The zero-order valence-electron chi connectivity index (χ0n) is 13.6. The summed E-state index contributed by atoms with van der Waals surface area (Å²) in [6.45, 7) is 10.8. The second kappa shape index (κ2) is 7.08. The van der Waals surface area contributed by atoms with Crippen molar-refractivity contribution in [3.8, 4) is 0 Å². The first-order chi connectivity index (χ1) is 9.97. The van der Waals surface area contributed by atoms with E-state index in [9.17, 15) is 0 Å². The van der Waals surface area contributed by atoms with Crippen molar-refractivity contribution >= 4 is 11.8 Å². The molecule has 1 aromatic carbocycles. The fourth-order valence-corrected chi connectivity index (χ4v) is 3.22. The van der Waals surface area contributed by atoms with Crippen molar-refractivity contribution in [2.24, 2.45) is 0 Å². The van der Waals surface area contributed by atoms with Gasteiger partial charge in [-0.2, -0.15) is 0 Å². The summed E-state index contributed by atoms with van der Waals surface area (Å²) in [6, 6.07) is 8.66. The summed E-state index contributed by atoms with van der Waals surface area (Å²) in [5.74, 6) is 1.76. The molecule has 1 heterocycles. The molecular weight excluding hydrogens is 276 g/mol. The highest BCUT2D eigenvalue weighted by molar-refractivity contribution is 7.98. The van der Waals surface area contributed by atoms with E-state index in [1.165, 1.54) is 11.1 Å². The molecule has 2 rings (SSSR count). The highest BCUT2D eigenvalue weighted by atomic mass is 32.2. The number of hydrogen-bond donors (Lipinski definition) is 0. The molecule has 2 aromatic rings. The van der Waals surface area contributed by atoms with Gasteiger partial charge >= 0.3 is 0 Å². The van der Waals surface area contributed by atoms with Crippen LogP contribution in [0.4, 0.5) is 0 Å². The van der Waals surface area contributed by atoms with Crippen LogP contribution in [0.25, 0.3) is 0 Å². The van der Waals surface area contributed by atoms with Crippen molar-refractivity contribution in [1.82, 2.24) is 9.97 Å². The summed E-state index contributed by atoms with van der Waals surface area (Å²) in [5, 5.41) is 1.08. The fourth-order valence-electron chi connectivity index (χ4n) is 2.13. The lowest BCUT2D eigenvalue weighted by molar-refractivity contribution is 0.724. The second-order valence-corrected chi connectivity index (χ2v) is 7.04. The van der Waals surface area contributed by atoms with Gasteiger partial charge in [0.1, 0.15) is 5.03 Å². The lowest BCUT2D eigenvalue weighted by Gasteiger charge is -2.13. The minimum atomic E-state index is 0.402. The van der Waals surface area contributed by atoms with Crippen LogP contribution >= 0.6 is 11.8 Å². The molecule has 3 heteroatoms. The van der Waals surface area contributed by atoms with E-state index in [0.717, 1.165) is 22.2 Å². The molecule has 0 unspecified atom stereocenters. The van der Waals surface area contributed by atoms with Gasteiger partial charge in [0.05, 0.1) is 11.4 Å². The van der Waals surface area contributed by atoms with Crippen molar-refractivity contribution < 1.29 is 0 Å². The number of aryl methyl sites for hydroxylation is 1. The molecule has 0 saturated heterocycles. The largest absolute Gasteiger partial charge is 0.256 e. The molecule has 0 fully saturated rings. The standard InChI is InChI=1S/C18H24N2S/c1-12(2)16-10-19-17(13(3)4)18(20-16)21-11-15-8-6-7-14(5)9-15/h6-10,12-13H,11H2,1-5H3. The fraction of sp³-hybridized carbons (Fsp3) is 0.444. The van der Waals surface area contributed by atoms with Crippen LogP contribution in [0.15, 0.2) is 35.5 Å². The smallest absolute Gasteiger partial charge is 0.118 e. The third-order valence-electron chi connectivity index (χ3n) is 3.38. The highest BCUT2D eigenvalue weighted by Crippen LogP contribution is 2.29. The topological polar surface area (TPSA) is 25.8 Å². The van der Waals surface area contributed by atoms with Crippen LogP contribution in [0.1, 0.15) is 62.0 Å². The number of thioether (sulfide) groups is 1. The molecule has 1 aromatic heterocycles. The first-order valence-electron chi connectivity index (χ1n) is 7.52. The molecule has 21 heavy (non-hydrogen) atoms. The van der Waals surface area contributed by atoms with Gasteiger partial charge in [0.15, 0.2) is 0 Å². The van der Waals surface area contributed by atoms with E-state index in [4.69, 9.17) is 4.98 Å². The van der Waals surface area contributed by atoms with Gasteiger partial charge in [0, 0.05) is 11.9 Å². The van der Waals surface area contributed by atoms with Gasteiger partial charge in [-0.05, 0) is 24.3 Å². The van der Waals surface area contributed by atoms with Gasteiger partial charge in [-0.15, -0.1) is 0 Å². The lowest BCUT2D eigenvalue weighted by atomic mass is 10.1. The molecule has 0 aliphatic rings. The zero-order chi connectivity index (χ0) is 15.4. The summed E-state index contributed by atoms with van der Waals surface area (Å²) in [7, 11) is 0. The molecule has 2 nitrogen and oxygen atoms in total. The zero-order valence-corrected chi connectivity index (χ0v) is 14.4. The maximum atomic E-state index is 4.83. The number of rotatable bonds is 5. The molecule has 0 radical (unpaired) electrons. The van der Waals surface area contributed by atoms with E-state index in [2.05, 4.69) is 63.9 Å². The molecule has 0 amide bonds. The number of aromatic nitrogens is 2. The minimum absolute atomic E-state index is 0.402. The Labute approximate surface area is 132 Å². The predicted octanol–water partition coefficient (Wildman–Crippen LogP) is 5.32. The van der Waals surface area contributed by atoms with Crippen LogP contribution in [-0.4, -0.2) is 9.97 Å². The van der Waals surface area contributed by atoms with Gasteiger partial charge in [0.2, 0.25) is 0 Å². The first-order valence-corrected chi connectivity index (χ1v) is 8.51. The van der Waals surface area contributed by atoms with Gasteiger partial charge in [-0.25, -0.2) is 4.98 Å². The van der Waals surface area contributed by atoms with Gasteiger partial charge in [0.25, 0.3) is 0 Å². The predicted molar refractivity (Wildman–Crippen MR) is 91.0 cm³/mol. The summed E-state index contributed by atoms with van der Waals surface area (Å²) in [4.78, 5) is 9.48. The van der Waals surface area contributed by atoms with Crippen molar-refractivity contribution in [1.29, 1.82) is 0 Å². The quantitative estimate of drug-likeness (QED) is 0.698. The van der Waals surface area contributed by atoms with Gasteiger partial charge in [-0.1, -0.05) is 69.3 Å². The third kappa shape index (κ3) is 4.31. The summed E-state index contributed by atoms with van der Waals surface area (Å²) < 4.78 is 0. The average Bonchev–Trinajstić information content (AvgIpc) is 2.44. The maximum Gasteiger partial charge on any atom is 0.118 e. The minimum Gasteiger partial charge on any atom is -0.256 e. The first kappa shape index (κ1) is 16.0. The maximum absolute atomic E-state index is 4.83.